The molecule has 4 rings (SSSR count). The Morgan fingerprint density at radius 2 is 1.89 bits per heavy atom. The Morgan fingerprint density at radius 3 is 2.56 bits per heavy atom. The van der Waals surface area contributed by atoms with E-state index in [1.54, 1.807) is 36.6 Å². The number of fused-ring (bicyclic) bond motifs is 1. The highest BCUT2D eigenvalue weighted by molar-refractivity contribution is 7.92. The number of anilines is 1. The predicted octanol–water partition coefficient (Wildman–Crippen LogP) is 2.72. The third-order valence-corrected chi connectivity index (χ3v) is 5.33. The second kappa shape index (κ2) is 6.29. The van der Waals surface area contributed by atoms with Gasteiger partial charge in [-0.1, -0.05) is 0 Å². The van der Waals surface area contributed by atoms with Crippen LogP contribution in [0.2, 0.25) is 0 Å². The van der Waals surface area contributed by atoms with Gasteiger partial charge >= 0.3 is 0 Å². The van der Waals surface area contributed by atoms with Crippen LogP contribution >= 0.6 is 0 Å². The number of H-pyrrole nitrogens is 1. The summed E-state index contributed by atoms with van der Waals surface area (Å²) in [5.41, 5.74) is 7.11. The second-order valence-corrected chi connectivity index (χ2v) is 7.47. The van der Waals surface area contributed by atoms with Crippen LogP contribution in [0.3, 0.4) is 0 Å². The van der Waals surface area contributed by atoms with Crippen LogP contribution in [0, 0.1) is 0 Å². The number of furan rings is 1. The molecule has 4 aromatic rings. The predicted molar refractivity (Wildman–Crippen MR) is 99.6 cm³/mol. The van der Waals surface area contributed by atoms with Crippen molar-refractivity contribution in [1.82, 2.24) is 9.97 Å². The first kappa shape index (κ1) is 16.9. The number of nitrogens with zero attached hydrogens (tertiary/aromatic N) is 1. The van der Waals surface area contributed by atoms with Crippen molar-refractivity contribution in [1.29, 1.82) is 0 Å². The molecule has 27 heavy (non-hydrogen) atoms. The van der Waals surface area contributed by atoms with Crippen LogP contribution < -0.4 is 10.5 Å². The molecule has 9 heteroatoms. The summed E-state index contributed by atoms with van der Waals surface area (Å²) in [6, 6.07) is 13.9. The van der Waals surface area contributed by atoms with E-state index in [4.69, 9.17) is 10.2 Å². The zero-order valence-electron chi connectivity index (χ0n) is 13.8. The van der Waals surface area contributed by atoms with E-state index in [0.29, 0.717) is 28.3 Å². The molecule has 0 aliphatic rings. The van der Waals surface area contributed by atoms with Gasteiger partial charge in [-0.05, 0) is 54.6 Å². The maximum atomic E-state index is 12.5. The quantitative estimate of drug-likeness (QED) is 0.488. The minimum atomic E-state index is -3.82. The molecule has 0 saturated carbocycles. The van der Waals surface area contributed by atoms with Crippen LogP contribution in [0.5, 0.6) is 0 Å². The Bertz CT molecular complexity index is 1230. The molecule has 0 atom stereocenters. The number of carbonyl (C=O) groups is 1. The highest BCUT2D eigenvalue weighted by Crippen LogP contribution is 2.24. The van der Waals surface area contributed by atoms with Crippen LogP contribution in [0.1, 0.15) is 10.4 Å². The van der Waals surface area contributed by atoms with E-state index >= 15 is 0 Å². The van der Waals surface area contributed by atoms with Crippen molar-refractivity contribution in [3.05, 3.63) is 66.4 Å². The molecular formula is C18H14N4O4S. The minimum Gasteiger partial charge on any atom is -0.461 e. The number of aromatic amines is 1. The number of imidazole rings is 1. The summed E-state index contributed by atoms with van der Waals surface area (Å²) < 4.78 is 32.9. The first-order valence-corrected chi connectivity index (χ1v) is 9.37. The van der Waals surface area contributed by atoms with Crippen molar-refractivity contribution in [2.75, 3.05) is 4.72 Å². The van der Waals surface area contributed by atoms with Gasteiger partial charge in [-0.15, -0.1) is 0 Å². The molecule has 136 valence electrons. The highest BCUT2D eigenvalue weighted by atomic mass is 32.2. The van der Waals surface area contributed by atoms with E-state index in [2.05, 4.69) is 14.7 Å². The van der Waals surface area contributed by atoms with E-state index in [1.807, 2.05) is 0 Å². The fourth-order valence-corrected chi connectivity index (χ4v) is 3.67. The van der Waals surface area contributed by atoms with Gasteiger partial charge in [-0.3, -0.25) is 9.52 Å². The van der Waals surface area contributed by atoms with Gasteiger partial charge in [-0.25, -0.2) is 13.4 Å². The Labute approximate surface area is 154 Å². The smallest absolute Gasteiger partial charge is 0.261 e. The molecule has 4 N–H and O–H groups in total. The first-order valence-electron chi connectivity index (χ1n) is 7.89. The number of rotatable bonds is 5. The molecule has 0 aliphatic carbocycles. The van der Waals surface area contributed by atoms with Gasteiger partial charge in [-0.2, -0.15) is 0 Å². The third kappa shape index (κ3) is 3.27. The highest BCUT2D eigenvalue weighted by Gasteiger charge is 2.16. The Kier molecular flexibility index (Phi) is 3.93. The van der Waals surface area contributed by atoms with Crippen molar-refractivity contribution in [2.24, 2.45) is 5.73 Å². The zero-order valence-corrected chi connectivity index (χ0v) is 14.7. The van der Waals surface area contributed by atoms with Crippen LogP contribution in [0.15, 0.2) is 70.2 Å². The molecule has 0 saturated heterocycles. The topological polar surface area (TPSA) is 131 Å². The summed E-state index contributed by atoms with van der Waals surface area (Å²) in [6.07, 6.45) is 1.55. The lowest BCUT2D eigenvalue weighted by molar-refractivity contribution is 0.1000. The monoisotopic (exact) mass is 382 g/mol. The molecule has 2 heterocycles. The van der Waals surface area contributed by atoms with Crippen molar-refractivity contribution in [3.8, 4) is 11.6 Å². The normalized spacial score (nSPS) is 11.6. The fourth-order valence-electron chi connectivity index (χ4n) is 2.62. The molecule has 0 aliphatic heterocycles. The average molecular weight is 382 g/mol. The largest absolute Gasteiger partial charge is 0.461 e. The lowest BCUT2D eigenvalue weighted by Crippen LogP contribution is -2.14. The minimum absolute atomic E-state index is 0.0217. The molecular weight excluding hydrogens is 368 g/mol. The molecule has 0 fully saturated rings. The van der Waals surface area contributed by atoms with E-state index in [-0.39, 0.29) is 10.5 Å². The number of carbonyl (C=O) groups excluding carboxylic acids is 1. The number of primary amides is 1. The number of nitrogens with two attached hydrogens (primary N) is 1. The fraction of sp³-hybridized carbons (Fsp3) is 0. The Balaban J connectivity index is 1.63. The van der Waals surface area contributed by atoms with Gasteiger partial charge in [0.05, 0.1) is 27.9 Å². The molecule has 0 bridgehead atoms. The van der Waals surface area contributed by atoms with Gasteiger partial charge in [0.25, 0.3) is 10.0 Å². The summed E-state index contributed by atoms with van der Waals surface area (Å²) in [7, 11) is -3.82. The van der Waals surface area contributed by atoms with Gasteiger partial charge in [0.15, 0.2) is 11.6 Å². The maximum absolute atomic E-state index is 12.5. The number of hydrogen-bond acceptors (Lipinski definition) is 5. The summed E-state index contributed by atoms with van der Waals surface area (Å²) in [5.74, 6) is 0.517. The standard InChI is InChI=1S/C18H14N4O4S/c19-17(23)11-3-6-13(7-4-11)27(24,25)22-12-5-8-14-15(10-12)21-18(20-14)16-2-1-9-26-16/h1-10,22H,(H2,19,23)(H,20,21). The second-order valence-electron chi connectivity index (χ2n) is 5.79. The average Bonchev–Trinajstić information content (AvgIpc) is 3.30. The van der Waals surface area contributed by atoms with Crippen molar-refractivity contribution < 1.29 is 17.6 Å². The lowest BCUT2D eigenvalue weighted by atomic mass is 10.2. The number of hydrogen-bond donors (Lipinski definition) is 3. The summed E-state index contributed by atoms with van der Waals surface area (Å²) in [5, 5.41) is 0. The van der Waals surface area contributed by atoms with Gasteiger partial charge in [0.2, 0.25) is 5.91 Å². The number of nitrogens with one attached hydrogen (secondary N) is 2. The van der Waals surface area contributed by atoms with Crippen LogP contribution in [-0.2, 0) is 10.0 Å². The van der Waals surface area contributed by atoms with Crippen LogP contribution in [0.4, 0.5) is 5.69 Å². The number of aromatic nitrogens is 2. The SMILES string of the molecule is NC(=O)c1ccc(S(=O)(=O)Nc2ccc3nc(-c4ccco4)[nH]c3c2)cc1. The van der Waals surface area contributed by atoms with E-state index < -0.39 is 15.9 Å². The van der Waals surface area contributed by atoms with Gasteiger partial charge in [0.1, 0.15) is 0 Å². The number of amides is 1. The summed E-state index contributed by atoms with van der Waals surface area (Å²) in [6.45, 7) is 0. The first-order chi connectivity index (χ1) is 12.9. The van der Waals surface area contributed by atoms with E-state index in [1.165, 1.54) is 24.3 Å². The van der Waals surface area contributed by atoms with Crippen molar-refractivity contribution in [2.45, 2.75) is 4.90 Å². The Morgan fingerprint density at radius 1 is 1.11 bits per heavy atom. The molecule has 0 spiro atoms. The molecule has 8 nitrogen and oxygen atoms in total. The number of benzene rings is 2. The molecule has 2 aromatic carbocycles. The van der Waals surface area contributed by atoms with Crippen molar-refractivity contribution >= 4 is 32.7 Å². The Hall–Kier alpha value is -3.59. The van der Waals surface area contributed by atoms with Crippen molar-refractivity contribution in [3.63, 3.8) is 0 Å². The van der Waals surface area contributed by atoms with Crippen LogP contribution in [-0.4, -0.2) is 24.3 Å². The lowest BCUT2D eigenvalue weighted by Gasteiger charge is -2.08. The van der Waals surface area contributed by atoms with E-state index in [9.17, 15) is 13.2 Å². The summed E-state index contributed by atoms with van der Waals surface area (Å²) >= 11 is 0. The van der Waals surface area contributed by atoms with E-state index in [0.717, 1.165) is 0 Å². The van der Waals surface area contributed by atoms with Gasteiger partial charge in [0, 0.05) is 5.56 Å². The molecule has 0 unspecified atom stereocenters. The molecule has 0 radical (unpaired) electrons. The van der Waals surface area contributed by atoms with Crippen LogP contribution in [0.25, 0.3) is 22.6 Å². The third-order valence-electron chi connectivity index (χ3n) is 3.94. The summed E-state index contributed by atoms with van der Waals surface area (Å²) in [4.78, 5) is 18.6. The van der Waals surface area contributed by atoms with Gasteiger partial charge < -0.3 is 15.1 Å². The number of sulfonamides is 1. The molecule has 2 aromatic heterocycles. The maximum Gasteiger partial charge on any atom is 0.261 e. The molecule has 1 amide bonds. The zero-order chi connectivity index (χ0) is 19.0.